The van der Waals surface area contributed by atoms with Gasteiger partial charge in [-0.15, -0.1) is 11.8 Å². The Bertz CT molecular complexity index is 275. The summed E-state index contributed by atoms with van der Waals surface area (Å²) in [6.45, 7) is 8.01. The van der Waals surface area contributed by atoms with Crippen LogP contribution in [0.5, 0.6) is 0 Å². The highest BCUT2D eigenvalue weighted by Gasteiger charge is 2.20. The van der Waals surface area contributed by atoms with Gasteiger partial charge in [0.25, 0.3) is 0 Å². The Kier molecular flexibility index (Phi) is 6.52. The molecule has 0 rings (SSSR count). The molecule has 0 aromatic carbocycles. The van der Waals surface area contributed by atoms with Crippen molar-refractivity contribution in [3.05, 3.63) is 10.6 Å². The number of nitrogens with one attached hydrogen (secondary N) is 1. The molecule has 0 aromatic heterocycles. The molecule has 5 heteroatoms. The van der Waals surface area contributed by atoms with E-state index in [2.05, 4.69) is 5.32 Å². The van der Waals surface area contributed by atoms with Crippen LogP contribution in [0.2, 0.25) is 0 Å². The Labute approximate surface area is 102 Å². The van der Waals surface area contributed by atoms with Crippen molar-refractivity contribution in [3.8, 4) is 0 Å². The topological polar surface area (TPSA) is 75.3 Å². The molecular weight excluding hydrogens is 224 g/mol. The number of hydrogen-bond donors (Lipinski definition) is 3. The van der Waals surface area contributed by atoms with E-state index in [1.54, 1.807) is 11.8 Å². The molecule has 0 heterocycles. The van der Waals surface area contributed by atoms with Crippen LogP contribution in [0.4, 0.5) is 4.79 Å². The number of hydrogen-bond acceptors (Lipinski definition) is 3. The van der Waals surface area contributed by atoms with E-state index in [0.29, 0.717) is 0 Å². The highest BCUT2D eigenvalue weighted by Crippen LogP contribution is 2.35. The summed E-state index contributed by atoms with van der Waals surface area (Å²) in [6.07, 6.45) is 1.54. The predicted octanol–water partition coefficient (Wildman–Crippen LogP) is 2.19. The summed E-state index contributed by atoms with van der Waals surface area (Å²) in [5.41, 5.74) is 5.96. The van der Waals surface area contributed by atoms with Gasteiger partial charge in [-0.3, -0.25) is 0 Å². The summed E-state index contributed by atoms with van der Waals surface area (Å²) < 4.78 is -0.245. The predicted molar refractivity (Wildman–Crippen MR) is 69.1 cm³/mol. The molecule has 4 N–H and O–H groups in total. The number of carbonyl (C=O) groups excluding carboxylic acids is 1. The van der Waals surface area contributed by atoms with Crippen LogP contribution < -0.4 is 11.1 Å². The lowest BCUT2D eigenvalue weighted by Gasteiger charge is -2.24. The average molecular weight is 246 g/mol. The maximum atomic E-state index is 10.8. The second-order valence-corrected chi connectivity index (χ2v) is 5.92. The van der Waals surface area contributed by atoms with Gasteiger partial charge in [-0.25, -0.2) is 4.79 Å². The van der Waals surface area contributed by atoms with Crippen molar-refractivity contribution in [2.45, 2.75) is 45.3 Å². The molecule has 0 aliphatic heterocycles. The van der Waals surface area contributed by atoms with Crippen LogP contribution in [-0.2, 0) is 0 Å². The van der Waals surface area contributed by atoms with Gasteiger partial charge in [0.1, 0.15) is 0 Å². The molecule has 2 amide bonds. The van der Waals surface area contributed by atoms with E-state index in [4.69, 9.17) is 5.73 Å². The number of aliphatic hydroxyl groups excluding tert-OH is 1. The van der Waals surface area contributed by atoms with Gasteiger partial charge in [-0.05, 0) is 26.7 Å². The molecule has 0 saturated carbocycles. The van der Waals surface area contributed by atoms with Crippen LogP contribution >= 0.6 is 11.8 Å². The number of nitrogens with two attached hydrogens (primary N) is 1. The van der Waals surface area contributed by atoms with Gasteiger partial charge in [-0.1, -0.05) is 13.8 Å². The second-order valence-electron chi connectivity index (χ2n) is 4.12. The van der Waals surface area contributed by atoms with Crippen molar-refractivity contribution in [1.29, 1.82) is 0 Å². The lowest BCUT2D eigenvalue weighted by molar-refractivity contribution is 0.251. The molecule has 0 spiro atoms. The van der Waals surface area contributed by atoms with E-state index < -0.39 is 6.03 Å². The highest BCUT2D eigenvalue weighted by atomic mass is 32.2. The Balaban J connectivity index is 4.89. The van der Waals surface area contributed by atoms with Crippen LogP contribution in [0.25, 0.3) is 0 Å². The van der Waals surface area contributed by atoms with E-state index in [0.717, 1.165) is 23.4 Å². The molecule has 0 radical (unpaired) electrons. The minimum atomic E-state index is -0.537. The zero-order chi connectivity index (χ0) is 12.8. The van der Waals surface area contributed by atoms with Gasteiger partial charge >= 0.3 is 6.03 Å². The van der Waals surface area contributed by atoms with Crippen LogP contribution in [0.3, 0.4) is 0 Å². The zero-order valence-electron chi connectivity index (χ0n) is 10.5. The van der Waals surface area contributed by atoms with E-state index in [1.165, 1.54) is 0 Å². The monoisotopic (exact) mass is 246 g/mol. The lowest BCUT2D eigenvalue weighted by atomic mass is 10.2. The van der Waals surface area contributed by atoms with Crippen molar-refractivity contribution in [1.82, 2.24) is 5.32 Å². The number of allylic oxidation sites excluding steroid dienone is 2. The van der Waals surface area contributed by atoms with Gasteiger partial charge in [-0.2, -0.15) is 0 Å². The third-order valence-electron chi connectivity index (χ3n) is 2.07. The first-order valence-corrected chi connectivity index (χ1v) is 6.26. The SMILES string of the molecule is CC/C(NC(N)=O)=C(\CC)SC(C)(C)CO. The summed E-state index contributed by atoms with van der Waals surface area (Å²) >= 11 is 1.58. The normalized spacial score (nSPS) is 13.3. The molecule has 0 bridgehead atoms. The molecule has 0 aromatic rings. The number of primary amides is 1. The molecule has 16 heavy (non-hydrogen) atoms. The van der Waals surface area contributed by atoms with Crippen LogP contribution in [0.15, 0.2) is 10.6 Å². The minimum absolute atomic E-state index is 0.0920. The van der Waals surface area contributed by atoms with Gasteiger partial charge in [0, 0.05) is 15.3 Å². The Hall–Kier alpha value is -0.680. The smallest absolute Gasteiger partial charge is 0.316 e. The summed E-state index contributed by atoms with van der Waals surface area (Å²) in [5.74, 6) is 0. The quantitative estimate of drug-likeness (QED) is 0.672. The van der Waals surface area contributed by atoms with E-state index in [-0.39, 0.29) is 11.4 Å². The third kappa shape index (κ3) is 5.42. The molecule has 0 unspecified atom stereocenters. The van der Waals surface area contributed by atoms with E-state index in [9.17, 15) is 9.90 Å². The van der Waals surface area contributed by atoms with E-state index in [1.807, 2.05) is 27.7 Å². The first kappa shape index (κ1) is 15.3. The third-order valence-corrected chi connectivity index (χ3v) is 3.53. The molecule has 0 atom stereocenters. The number of thioether (sulfide) groups is 1. The van der Waals surface area contributed by atoms with Crippen molar-refractivity contribution >= 4 is 17.8 Å². The van der Waals surface area contributed by atoms with Crippen molar-refractivity contribution in [3.63, 3.8) is 0 Å². The van der Waals surface area contributed by atoms with E-state index >= 15 is 0 Å². The minimum Gasteiger partial charge on any atom is -0.395 e. The van der Waals surface area contributed by atoms with Crippen LogP contribution in [0, 0.1) is 0 Å². The molecule has 0 fully saturated rings. The average Bonchev–Trinajstić information content (AvgIpc) is 2.22. The number of urea groups is 1. The Morgan fingerprint density at radius 2 is 1.94 bits per heavy atom. The summed E-state index contributed by atoms with van der Waals surface area (Å²) in [6, 6.07) is -0.537. The fourth-order valence-electron chi connectivity index (χ4n) is 1.22. The Morgan fingerprint density at radius 1 is 1.38 bits per heavy atom. The number of carbonyl (C=O) groups is 1. The molecule has 4 nitrogen and oxygen atoms in total. The molecule has 0 aliphatic rings. The molecule has 0 saturated heterocycles. The fraction of sp³-hybridized carbons (Fsp3) is 0.727. The largest absolute Gasteiger partial charge is 0.395 e. The first-order chi connectivity index (χ1) is 7.36. The van der Waals surface area contributed by atoms with Gasteiger partial charge in [0.05, 0.1) is 6.61 Å². The molecular formula is C11H22N2O2S. The highest BCUT2D eigenvalue weighted by molar-refractivity contribution is 8.04. The maximum Gasteiger partial charge on any atom is 0.316 e. The second kappa shape index (κ2) is 6.81. The summed E-state index contributed by atoms with van der Waals surface area (Å²) in [7, 11) is 0. The Morgan fingerprint density at radius 3 is 2.25 bits per heavy atom. The van der Waals surface area contributed by atoms with Crippen molar-refractivity contribution in [2.75, 3.05) is 6.61 Å². The number of aliphatic hydroxyl groups is 1. The number of rotatable bonds is 6. The summed E-state index contributed by atoms with van der Waals surface area (Å²) in [4.78, 5) is 11.9. The molecule has 94 valence electrons. The zero-order valence-corrected chi connectivity index (χ0v) is 11.3. The summed E-state index contributed by atoms with van der Waals surface area (Å²) in [5, 5.41) is 11.9. The van der Waals surface area contributed by atoms with Crippen LogP contribution in [-0.4, -0.2) is 22.5 Å². The number of amides is 2. The fourth-order valence-corrected chi connectivity index (χ4v) is 2.41. The first-order valence-electron chi connectivity index (χ1n) is 5.44. The van der Waals surface area contributed by atoms with Crippen LogP contribution in [0.1, 0.15) is 40.5 Å². The van der Waals surface area contributed by atoms with Crippen molar-refractivity contribution < 1.29 is 9.90 Å². The lowest BCUT2D eigenvalue weighted by Crippen LogP contribution is -2.30. The standard InChI is InChI=1S/C11H22N2O2S/c1-5-8(13-10(12)15)9(6-2)16-11(3,4)7-14/h14H,5-7H2,1-4H3,(H3,12,13,15)/b9-8-. The van der Waals surface area contributed by atoms with Crippen molar-refractivity contribution in [2.24, 2.45) is 5.73 Å². The van der Waals surface area contributed by atoms with Gasteiger partial charge in [0.2, 0.25) is 0 Å². The van der Waals surface area contributed by atoms with Gasteiger partial charge < -0.3 is 16.2 Å². The molecule has 0 aliphatic carbocycles. The maximum absolute atomic E-state index is 10.8. The van der Waals surface area contributed by atoms with Gasteiger partial charge in [0.15, 0.2) is 0 Å².